The molecule has 0 saturated heterocycles. The van der Waals surface area contributed by atoms with E-state index >= 15 is 0 Å². The number of rotatable bonds is 5. The first-order chi connectivity index (χ1) is 8.90. The maximum Gasteiger partial charge on any atom is 0.407 e. The Balaban J connectivity index is 0.00000361. The molecule has 0 spiro atoms. The van der Waals surface area contributed by atoms with Crippen molar-refractivity contribution in [1.82, 2.24) is 16.0 Å². The minimum atomic E-state index is -0.462. The average Bonchev–Trinajstić information content (AvgIpc) is 3.06. The molecule has 118 valence electrons. The van der Waals surface area contributed by atoms with Gasteiger partial charge in [-0.1, -0.05) is 0 Å². The van der Waals surface area contributed by atoms with E-state index in [1.165, 1.54) is 12.8 Å². The molecule has 1 rings (SSSR count). The minimum absolute atomic E-state index is 0. The lowest BCUT2D eigenvalue weighted by molar-refractivity contribution is 0.0529. The number of guanidine groups is 1. The second-order valence-electron chi connectivity index (χ2n) is 5.61. The van der Waals surface area contributed by atoms with Crippen molar-refractivity contribution in [3.05, 3.63) is 0 Å². The lowest BCUT2D eigenvalue weighted by atomic mass is 10.2. The minimum Gasteiger partial charge on any atom is -0.444 e. The van der Waals surface area contributed by atoms with Gasteiger partial charge in [0, 0.05) is 19.1 Å². The predicted octanol–water partition coefficient (Wildman–Crippen LogP) is 1.85. The van der Waals surface area contributed by atoms with Crippen LogP contribution in [0.3, 0.4) is 0 Å². The van der Waals surface area contributed by atoms with E-state index in [1.807, 2.05) is 27.7 Å². The van der Waals surface area contributed by atoms with Crippen LogP contribution in [0.2, 0.25) is 0 Å². The molecule has 0 aromatic heterocycles. The van der Waals surface area contributed by atoms with Crippen LogP contribution in [-0.2, 0) is 4.74 Å². The zero-order chi connectivity index (χ0) is 14.3. The molecule has 0 unspecified atom stereocenters. The maximum absolute atomic E-state index is 11.4. The highest BCUT2D eigenvalue weighted by atomic mass is 127. The summed E-state index contributed by atoms with van der Waals surface area (Å²) in [5.41, 5.74) is -0.462. The number of amides is 1. The molecule has 1 aliphatic carbocycles. The van der Waals surface area contributed by atoms with Crippen molar-refractivity contribution in [2.24, 2.45) is 4.99 Å². The second kappa shape index (κ2) is 9.25. The first kappa shape index (κ1) is 19.3. The number of ether oxygens (including phenoxy) is 1. The van der Waals surface area contributed by atoms with Crippen molar-refractivity contribution in [2.75, 3.05) is 19.6 Å². The summed E-state index contributed by atoms with van der Waals surface area (Å²) in [5.74, 6) is 0.816. The molecular formula is C13H27IN4O2. The van der Waals surface area contributed by atoms with Crippen LogP contribution in [0.15, 0.2) is 4.99 Å². The standard InChI is InChI=1S/C13H26N4O2.HI/c1-5-14-11(17-10-6-7-10)15-8-9-16-12(18)19-13(2,3)4;/h10H,5-9H2,1-4H3,(H,16,18)(H2,14,15,17);1H. The number of hydrogen-bond acceptors (Lipinski definition) is 3. The largest absolute Gasteiger partial charge is 0.444 e. The zero-order valence-electron chi connectivity index (χ0n) is 12.8. The number of nitrogens with zero attached hydrogens (tertiary/aromatic N) is 1. The van der Waals surface area contributed by atoms with E-state index in [4.69, 9.17) is 4.74 Å². The summed E-state index contributed by atoms with van der Waals surface area (Å²) in [7, 11) is 0. The number of aliphatic imine (C=N–C) groups is 1. The molecule has 1 fully saturated rings. The summed E-state index contributed by atoms with van der Waals surface area (Å²) in [4.78, 5) is 15.8. The SMILES string of the molecule is CCNC(=NCCNC(=O)OC(C)(C)C)NC1CC1.I. The van der Waals surface area contributed by atoms with Crippen molar-refractivity contribution >= 4 is 36.0 Å². The normalized spacial score (nSPS) is 15.1. The zero-order valence-corrected chi connectivity index (χ0v) is 15.1. The summed E-state index contributed by atoms with van der Waals surface area (Å²) < 4.78 is 5.14. The van der Waals surface area contributed by atoms with Gasteiger partial charge in [0.1, 0.15) is 5.60 Å². The van der Waals surface area contributed by atoms with E-state index < -0.39 is 11.7 Å². The van der Waals surface area contributed by atoms with E-state index in [0.29, 0.717) is 19.1 Å². The van der Waals surface area contributed by atoms with Crippen molar-refractivity contribution in [1.29, 1.82) is 0 Å². The number of nitrogens with one attached hydrogen (secondary N) is 3. The molecule has 0 heterocycles. The van der Waals surface area contributed by atoms with Crippen LogP contribution in [0, 0.1) is 0 Å². The third kappa shape index (κ3) is 10.1. The third-order valence-corrected chi connectivity index (χ3v) is 2.31. The number of halogens is 1. The van der Waals surface area contributed by atoms with E-state index in [9.17, 15) is 4.79 Å². The van der Waals surface area contributed by atoms with Gasteiger partial charge in [-0.2, -0.15) is 0 Å². The summed E-state index contributed by atoms with van der Waals surface area (Å²) in [6.45, 7) is 9.38. The molecule has 0 radical (unpaired) electrons. The maximum atomic E-state index is 11.4. The van der Waals surface area contributed by atoms with Crippen LogP contribution < -0.4 is 16.0 Å². The van der Waals surface area contributed by atoms with Crippen LogP contribution in [0.25, 0.3) is 0 Å². The van der Waals surface area contributed by atoms with Gasteiger partial charge in [0.25, 0.3) is 0 Å². The Morgan fingerprint density at radius 3 is 2.45 bits per heavy atom. The van der Waals surface area contributed by atoms with Crippen LogP contribution in [-0.4, -0.2) is 43.3 Å². The molecule has 0 aliphatic heterocycles. The molecule has 0 atom stereocenters. The lowest BCUT2D eigenvalue weighted by Crippen LogP contribution is -2.39. The van der Waals surface area contributed by atoms with Gasteiger partial charge >= 0.3 is 6.09 Å². The van der Waals surface area contributed by atoms with Gasteiger partial charge in [-0.15, -0.1) is 24.0 Å². The van der Waals surface area contributed by atoms with Crippen LogP contribution >= 0.6 is 24.0 Å². The van der Waals surface area contributed by atoms with Crippen LogP contribution in [0.5, 0.6) is 0 Å². The Labute approximate surface area is 138 Å². The highest BCUT2D eigenvalue weighted by molar-refractivity contribution is 14.0. The number of carbonyl (C=O) groups is 1. The predicted molar refractivity (Wildman–Crippen MR) is 91.8 cm³/mol. The third-order valence-electron chi connectivity index (χ3n) is 2.31. The quantitative estimate of drug-likeness (QED) is 0.286. The average molecular weight is 398 g/mol. The van der Waals surface area contributed by atoms with Gasteiger partial charge in [-0.3, -0.25) is 4.99 Å². The fraction of sp³-hybridized carbons (Fsp3) is 0.846. The topological polar surface area (TPSA) is 74.8 Å². The van der Waals surface area contributed by atoms with Gasteiger partial charge < -0.3 is 20.7 Å². The fourth-order valence-electron chi connectivity index (χ4n) is 1.38. The van der Waals surface area contributed by atoms with Gasteiger partial charge in [-0.25, -0.2) is 4.79 Å². The van der Waals surface area contributed by atoms with Gasteiger partial charge in [0.05, 0.1) is 6.54 Å². The van der Waals surface area contributed by atoms with Crippen molar-refractivity contribution in [3.63, 3.8) is 0 Å². The molecule has 7 heteroatoms. The molecule has 1 aliphatic rings. The van der Waals surface area contributed by atoms with Crippen molar-refractivity contribution in [3.8, 4) is 0 Å². The Hall–Kier alpha value is -0.730. The van der Waals surface area contributed by atoms with Gasteiger partial charge in [-0.05, 0) is 40.5 Å². The van der Waals surface area contributed by atoms with Crippen molar-refractivity contribution < 1.29 is 9.53 Å². The molecule has 6 nitrogen and oxygen atoms in total. The molecular weight excluding hydrogens is 371 g/mol. The first-order valence-corrected chi connectivity index (χ1v) is 6.92. The van der Waals surface area contributed by atoms with Crippen molar-refractivity contribution in [2.45, 2.75) is 52.2 Å². The lowest BCUT2D eigenvalue weighted by Gasteiger charge is -2.19. The second-order valence-corrected chi connectivity index (χ2v) is 5.61. The van der Waals surface area contributed by atoms with E-state index in [0.717, 1.165) is 12.5 Å². The van der Waals surface area contributed by atoms with Crippen LogP contribution in [0.1, 0.15) is 40.5 Å². The van der Waals surface area contributed by atoms with E-state index in [1.54, 1.807) is 0 Å². The summed E-state index contributed by atoms with van der Waals surface area (Å²) in [6, 6.07) is 0.566. The first-order valence-electron chi connectivity index (χ1n) is 6.92. The monoisotopic (exact) mass is 398 g/mol. The molecule has 1 saturated carbocycles. The number of alkyl carbamates (subject to hydrolysis) is 1. The Kier molecular flexibility index (Phi) is 8.91. The van der Waals surface area contributed by atoms with Gasteiger partial charge in [0.2, 0.25) is 0 Å². The van der Waals surface area contributed by atoms with E-state index in [-0.39, 0.29) is 24.0 Å². The van der Waals surface area contributed by atoms with Gasteiger partial charge in [0.15, 0.2) is 5.96 Å². The Morgan fingerprint density at radius 1 is 1.30 bits per heavy atom. The Bertz CT molecular complexity index is 325. The molecule has 0 bridgehead atoms. The summed E-state index contributed by atoms with van der Waals surface area (Å²) in [6.07, 6.45) is 2.02. The Morgan fingerprint density at radius 2 is 1.95 bits per heavy atom. The van der Waals surface area contributed by atoms with E-state index in [2.05, 4.69) is 20.9 Å². The van der Waals surface area contributed by atoms with Crippen LogP contribution in [0.4, 0.5) is 4.79 Å². The fourth-order valence-corrected chi connectivity index (χ4v) is 1.38. The smallest absolute Gasteiger partial charge is 0.407 e. The molecule has 3 N–H and O–H groups in total. The summed E-state index contributed by atoms with van der Waals surface area (Å²) in [5, 5.41) is 9.17. The molecule has 0 aromatic carbocycles. The number of hydrogen-bond donors (Lipinski definition) is 3. The molecule has 20 heavy (non-hydrogen) atoms. The molecule has 0 aromatic rings. The number of carbonyl (C=O) groups excluding carboxylic acids is 1. The summed E-state index contributed by atoms with van der Waals surface area (Å²) >= 11 is 0. The highest BCUT2D eigenvalue weighted by Gasteiger charge is 2.22. The highest BCUT2D eigenvalue weighted by Crippen LogP contribution is 2.18. The molecule has 1 amide bonds.